The van der Waals surface area contributed by atoms with Crippen molar-refractivity contribution in [3.05, 3.63) is 0 Å². The van der Waals surface area contributed by atoms with Crippen molar-refractivity contribution < 1.29 is 4.74 Å². The lowest BCUT2D eigenvalue weighted by atomic mass is 9.67. The number of methoxy groups -OCH3 is 1. The lowest BCUT2D eigenvalue weighted by Gasteiger charge is -2.42. The summed E-state index contributed by atoms with van der Waals surface area (Å²) in [7, 11) is 3.68. The second-order valence-corrected chi connectivity index (χ2v) is 7.44. The summed E-state index contributed by atoms with van der Waals surface area (Å²) in [5.74, 6) is 0.975. The molecule has 0 radical (unpaired) electrons. The van der Waals surface area contributed by atoms with Crippen LogP contribution >= 0.6 is 0 Å². The smallest absolute Gasteiger partial charge is 0.191 e. The van der Waals surface area contributed by atoms with Gasteiger partial charge >= 0.3 is 0 Å². The fourth-order valence-corrected chi connectivity index (χ4v) is 4.05. The van der Waals surface area contributed by atoms with Gasteiger partial charge in [-0.15, -0.1) is 0 Å². The molecule has 0 spiro atoms. The molecule has 0 aromatic rings. The highest BCUT2D eigenvalue weighted by atomic mass is 16.5. The fraction of sp³-hybridized carbons (Fsp3) is 0.944. The lowest BCUT2D eigenvalue weighted by molar-refractivity contribution is 0.0732. The van der Waals surface area contributed by atoms with Gasteiger partial charge in [-0.25, -0.2) is 0 Å². The van der Waals surface area contributed by atoms with E-state index < -0.39 is 0 Å². The van der Waals surface area contributed by atoms with Crippen molar-refractivity contribution in [2.45, 2.75) is 64.7 Å². The number of nitrogens with zero attached hydrogens (tertiary/aromatic N) is 1. The normalized spacial score (nSPS) is 23.1. The molecule has 0 saturated heterocycles. The molecule has 0 aromatic heterocycles. The zero-order chi connectivity index (χ0) is 15.9. The van der Waals surface area contributed by atoms with Crippen LogP contribution in [0.15, 0.2) is 4.99 Å². The van der Waals surface area contributed by atoms with Crippen molar-refractivity contribution in [2.75, 3.05) is 33.9 Å². The van der Waals surface area contributed by atoms with E-state index in [1.807, 2.05) is 7.05 Å². The Labute approximate surface area is 136 Å². The first-order valence-corrected chi connectivity index (χ1v) is 9.11. The quantitative estimate of drug-likeness (QED) is 0.534. The van der Waals surface area contributed by atoms with Crippen LogP contribution in [0, 0.1) is 10.8 Å². The Morgan fingerprint density at radius 2 is 1.59 bits per heavy atom. The van der Waals surface area contributed by atoms with E-state index >= 15 is 0 Å². The molecular weight excluding hydrogens is 274 g/mol. The maximum absolute atomic E-state index is 5.28. The van der Waals surface area contributed by atoms with Crippen LogP contribution in [0.3, 0.4) is 0 Å². The van der Waals surface area contributed by atoms with Crippen LogP contribution in [-0.4, -0.2) is 39.8 Å². The van der Waals surface area contributed by atoms with Crippen LogP contribution in [-0.2, 0) is 4.74 Å². The maximum Gasteiger partial charge on any atom is 0.191 e. The molecular formula is C18H35N3O. The molecule has 2 aliphatic rings. The van der Waals surface area contributed by atoms with Gasteiger partial charge in [-0.05, 0) is 49.4 Å². The summed E-state index contributed by atoms with van der Waals surface area (Å²) in [5, 5.41) is 7.16. The predicted molar refractivity (Wildman–Crippen MR) is 93.3 cm³/mol. The van der Waals surface area contributed by atoms with E-state index in [1.165, 1.54) is 51.4 Å². The second kappa shape index (κ2) is 8.19. The van der Waals surface area contributed by atoms with Gasteiger partial charge in [0.25, 0.3) is 0 Å². The van der Waals surface area contributed by atoms with Gasteiger partial charge in [0.1, 0.15) is 0 Å². The van der Waals surface area contributed by atoms with Crippen LogP contribution in [0.4, 0.5) is 0 Å². The number of guanidine groups is 1. The molecule has 22 heavy (non-hydrogen) atoms. The minimum atomic E-state index is 0.434. The Balaban J connectivity index is 1.77. The highest BCUT2D eigenvalue weighted by Gasteiger charge is 2.37. The number of rotatable bonds is 8. The first-order chi connectivity index (χ1) is 10.7. The van der Waals surface area contributed by atoms with Gasteiger partial charge in [-0.1, -0.05) is 26.2 Å². The summed E-state index contributed by atoms with van der Waals surface area (Å²) in [6.45, 7) is 5.29. The molecule has 0 aliphatic heterocycles. The predicted octanol–water partition coefficient (Wildman–Crippen LogP) is 3.33. The molecule has 0 aromatic carbocycles. The molecule has 128 valence electrons. The van der Waals surface area contributed by atoms with Gasteiger partial charge in [0.05, 0.1) is 0 Å². The van der Waals surface area contributed by atoms with Crippen LogP contribution in [0.5, 0.6) is 0 Å². The van der Waals surface area contributed by atoms with Crippen molar-refractivity contribution in [1.82, 2.24) is 10.6 Å². The summed E-state index contributed by atoms with van der Waals surface area (Å²) >= 11 is 0. The Hall–Kier alpha value is -0.770. The summed E-state index contributed by atoms with van der Waals surface area (Å²) in [5.41, 5.74) is 0.936. The zero-order valence-corrected chi connectivity index (χ0v) is 14.8. The lowest BCUT2D eigenvalue weighted by Crippen LogP contribution is -2.48. The fourth-order valence-electron chi connectivity index (χ4n) is 4.05. The van der Waals surface area contributed by atoms with Crippen LogP contribution in [0.1, 0.15) is 64.7 Å². The average molecular weight is 309 g/mol. The third-order valence-electron chi connectivity index (χ3n) is 6.15. The van der Waals surface area contributed by atoms with Crippen molar-refractivity contribution in [3.8, 4) is 0 Å². The molecule has 2 aliphatic carbocycles. The van der Waals surface area contributed by atoms with E-state index in [-0.39, 0.29) is 0 Å². The Morgan fingerprint density at radius 1 is 1.00 bits per heavy atom. The Bertz CT molecular complexity index is 357. The van der Waals surface area contributed by atoms with Crippen LogP contribution < -0.4 is 10.6 Å². The van der Waals surface area contributed by atoms with E-state index in [2.05, 4.69) is 22.5 Å². The van der Waals surface area contributed by atoms with E-state index in [0.717, 1.165) is 32.1 Å². The highest BCUT2D eigenvalue weighted by molar-refractivity contribution is 5.79. The monoisotopic (exact) mass is 309 g/mol. The Kier molecular flexibility index (Phi) is 6.54. The molecule has 2 saturated carbocycles. The number of aliphatic imine (C=N–C) groups is 1. The third kappa shape index (κ3) is 4.37. The first-order valence-electron chi connectivity index (χ1n) is 9.11. The molecule has 4 nitrogen and oxygen atoms in total. The number of hydrogen-bond donors (Lipinski definition) is 2. The third-order valence-corrected chi connectivity index (χ3v) is 6.15. The molecule has 2 rings (SSSR count). The molecule has 0 amide bonds. The number of hydrogen-bond acceptors (Lipinski definition) is 2. The van der Waals surface area contributed by atoms with Crippen molar-refractivity contribution in [3.63, 3.8) is 0 Å². The minimum absolute atomic E-state index is 0.434. The van der Waals surface area contributed by atoms with E-state index in [0.29, 0.717) is 10.8 Å². The van der Waals surface area contributed by atoms with Crippen molar-refractivity contribution >= 4 is 5.96 Å². The van der Waals surface area contributed by atoms with Gasteiger partial charge in [-0.3, -0.25) is 4.99 Å². The second-order valence-electron chi connectivity index (χ2n) is 7.44. The van der Waals surface area contributed by atoms with Crippen LogP contribution in [0.25, 0.3) is 0 Å². The molecule has 0 unspecified atom stereocenters. The molecule has 2 fully saturated rings. The largest absolute Gasteiger partial charge is 0.385 e. The Morgan fingerprint density at radius 3 is 2.05 bits per heavy atom. The van der Waals surface area contributed by atoms with Gasteiger partial charge in [0.15, 0.2) is 5.96 Å². The van der Waals surface area contributed by atoms with Gasteiger partial charge in [0, 0.05) is 33.9 Å². The topological polar surface area (TPSA) is 45.7 Å². The van der Waals surface area contributed by atoms with Crippen LogP contribution in [0.2, 0.25) is 0 Å². The molecule has 0 bridgehead atoms. The van der Waals surface area contributed by atoms with Gasteiger partial charge in [0.2, 0.25) is 0 Å². The SMILES string of the molecule is CCC1(CNC(=NC)NCC2(CCOC)CCC2)CCCC1. The van der Waals surface area contributed by atoms with E-state index in [4.69, 9.17) is 4.74 Å². The summed E-state index contributed by atoms with van der Waals surface area (Å²) in [4.78, 5) is 4.42. The van der Waals surface area contributed by atoms with E-state index in [9.17, 15) is 0 Å². The standard InChI is InChI=1S/C18H35N3O/c1-4-17(8-5-6-9-17)14-20-16(19-2)21-15-18(10-7-11-18)12-13-22-3/h4-15H2,1-3H3,(H2,19,20,21). The molecule has 0 atom stereocenters. The van der Waals surface area contributed by atoms with Crippen molar-refractivity contribution in [1.29, 1.82) is 0 Å². The van der Waals surface area contributed by atoms with Gasteiger partial charge < -0.3 is 15.4 Å². The van der Waals surface area contributed by atoms with E-state index in [1.54, 1.807) is 7.11 Å². The molecule has 4 heteroatoms. The van der Waals surface area contributed by atoms with Crippen molar-refractivity contribution in [2.24, 2.45) is 15.8 Å². The highest BCUT2D eigenvalue weighted by Crippen LogP contribution is 2.43. The molecule has 2 N–H and O–H groups in total. The maximum atomic E-state index is 5.28. The summed E-state index contributed by atoms with van der Waals surface area (Å²) in [6.07, 6.45) is 11.9. The summed E-state index contributed by atoms with van der Waals surface area (Å²) in [6, 6.07) is 0. The number of ether oxygens (including phenoxy) is 1. The first kappa shape index (κ1) is 17.6. The minimum Gasteiger partial charge on any atom is -0.385 e. The number of nitrogens with one attached hydrogen (secondary N) is 2. The molecule has 0 heterocycles. The zero-order valence-electron chi connectivity index (χ0n) is 14.8. The van der Waals surface area contributed by atoms with Gasteiger partial charge in [-0.2, -0.15) is 0 Å². The average Bonchev–Trinajstić information content (AvgIpc) is 2.98. The summed E-state index contributed by atoms with van der Waals surface area (Å²) < 4.78 is 5.28.